The molecule has 3 rings (SSSR count). The van der Waals surface area contributed by atoms with Crippen molar-refractivity contribution in [3.63, 3.8) is 0 Å². The molecular weight excluding hydrogens is 324 g/mol. The third-order valence-corrected chi connectivity index (χ3v) is 4.52. The van der Waals surface area contributed by atoms with E-state index in [1.165, 1.54) is 4.90 Å². The molecule has 0 saturated carbocycles. The summed E-state index contributed by atoms with van der Waals surface area (Å²) in [5.41, 5.74) is 2.41. The van der Waals surface area contributed by atoms with Crippen LogP contribution in [0.25, 0.3) is 0 Å². The standard InChI is InChI=1S/C22H24N2O2/c1-2-3-4-11-16-19-20(23-17-12-7-5-8-13-17)22(26)24(21(19)25)18-14-9-6-10-15-18/h5-10,12-15,23H,2-4,11,16H2,1H3. The Hall–Kier alpha value is -2.88. The van der Waals surface area contributed by atoms with E-state index in [0.717, 1.165) is 31.4 Å². The molecule has 0 saturated heterocycles. The molecule has 26 heavy (non-hydrogen) atoms. The van der Waals surface area contributed by atoms with Crippen molar-refractivity contribution in [2.24, 2.45) is 0 Å². The molecular formula is C22H24N2O2. The second-order valence-electron chi connectivity index (χ2n) is 6.44. The van der Waals surface area contributed by atoms with Gasteiger partial charge in [0.2, 0.25) is 0 Å². The molecule has 0 radical (unpaired) electrons. The molecule has 2 amide bonds. The van der Waals surface area contributed by atoms with E-state index in [-0.39, 0.29) is 11.8 Å². The smallest absolute Gasteiger partial charge is 0.282 e. The van der Waals surface area contributed by atoms with Crippen LogP contribution in [0.1, 0.15) is 39.0 Å². The van der Waals surface area contributed by atoms with Crippen LogP contribution in [0.4, 0.5) is 11.4 Å². The van der Waals surface area contributed by atoms with Gasteiger partial charge < -0.3 is 5.32 Å². The SMILES string of the molecule is CCCCCCC1=C(Nc2ccccc2)C(=O)N(c2ccccc2)C1=O. The summed E-state index contributed by atoms with van der Waals surface area (Å²) in [6.07, 6.45) is 4.86. The molecule has 1 heterocycles. The van der Waals surface area contributed by atoms with Crippen LogP contribution in [0.3, 0.4) is 0 Å². The van der Waals surface area contributed by atoms with E-state index in [1.807, 2.05) is 48.5 Å². The minimum absolute atomic E-state index is 0.212. The summed E-state index contributed by atoms with van der Waals surface area (Å²) < 4.78 is 0. The molecule has 4 heteroatoms. The Morgan fingerprint density at radius 2 is 1.46 bits per heavy atom. The first-order valence-electron chi connectivity index (χ1n) is 9.21. The molecule has 0 aliphatic carbocycles. The summed E-state index contributed by atoms with van der Waals surface area (Å²) in [6, 6.07) is 18.6. The zero-order chi connectivity index (χ0) is 18.4. The van der Waals surface area contributed by atoms with Crippen LogP contribution in [0.2, 0.25) is 0 Å². The lowest BCUT2D eigenvalue weighted by Crippen LogP contribution is -2.32. The van der Waals surface area contributed by atoms with Crippen molar-refractivity contribution >= 4 is 23.2 Å². The Morgan fingerprint density at radius 3 is 2.12 bits per heavy atom. The van der Waals surface area contributed by atoms with Crippen LogP contribution >= 0.6 is 0 Å². The summed E-state index contributed by atoms with van der Waals surface area (Å²) in [7, 11) is 0. The van der Waals surface area contributed by atoms with Gasteiger partial charge in [-0.2, -0.15) is 0 Å². The zero-order valence-corrected chi connectivity index (χ0v) is 15.1. The molecule has 0 spiro atoms. The predicted molar refractivity (Wildman–Crippen MR) is 105 cm³/mol. The van der Waals surface area contributed by atoms with E-state index in [1.54, 1.807) is 12.1 Å². The first-order chi connectivity index (χ1) is 12.7. The van der Waals surface area contributed by atoms with Gasteiger partial charge in [0.05, 0.1) is 5.69 Å². The van der Waals surface area contributed by atoms with E-state index in [4.69, 9.17) is 0 Å². The van der Waals surface area contributed by atoms with Crippen LogP contribution in [0.15, 0.2) is 71.9 Å². The van der Waals surface area contributed by atoms with Gasteiger partial charge in [0.25, 0.3) is 11.8 Å². The van der Waals surface area contributed by atoms with E-state index in [9.17, 15) is 9.59 Å². The summed E-state index contributed by atoms with van der Waals surface area (Å²) in [5, 5.41) is 3.18. The van der Waals surface area contributed by atoms with Gasteiger partial charge in [-0.3, -0.25) is 9.59 Å². The quantitative estimate of drug-likeness (QED) is 0.545. The number of carbonyl (C=O) groups excluding carboxylic acids is 2. The molecule has 0 bridgehead atoms. The number of amides is 2. The third-order valence-electron chi connectivity index (χ3n) is 4.52. The fourth-order valence-electron chi connectivity index (χ4n) is 3.14. The molecule has 1 N–H and O–H groups in total. The van der Waals surface area contributed by atoms with Crippen molar-refractivity contribution in [3.8, 4) is 0 Å². The molecule has 0 atom stereocenters. The van der Waals surface area contributed by atoms with Gasteiger partial charge in [-0.25, -0.2) is 4.90 Å². The number of anilines is 2. The summed E-state index contributed by atoms with van der Waals surface area (Å²) in [5.74, 6) is -0.494. The van der Waals surface area contributed by atoms with E-state index < -0.39 is 0 Å². The van der Waals surface area contributed by atoms with E-state index in [0.29, 0.717) is 23.4 Å². The third kappa shape index (κ3) is 3.85. The van der Waals surface area contributed by atoms with Gasteiger partial charge in [-0.05, 0) is 37.1 Å². The number of carbonyl (C=O) groups is 2. The minimum Gasteiger partial charge on any atom is -0.351 e. The van der Waals surface area contributed by atoms with Crippen molar-refractivity contribution < 1.29 is 9.59 Å². The van der Waals surface area contributed by atoms with Crippen LogP contribution in [0, 0.1) is 0 Å². The fourth-order valence-corrected chi connectivity index (χ4v) is 3.14. The summed E-state index contributed by atoms with van der Waals surface area (Å²) in [6.45, 7) is 2.16. The van der Waals surface area contributed by atoms with Crippen molar-refractivity contribution in [2.75, 3.05) is 10.2 Å². The number of para-hydroxylation sites is 2. The van der Waals surface area contributed by atoms with Gasteiger partial charge in [-0.1, -0.05) is 62.6 Å². The second-order valence-corrected chi connectivity index (χ2v) is 6.44. The van der Waals surface area contributed by atoms with Crippen molar-refractivity contribution in [3.05, 3.63) is 71.9 Å². The topological polar surface area (TPSA) is 49.4 Å². The first-order valence-corrected chi connectivity index (χ1v) is 9.21. The van der Waals surface area contributed by atoms with Crippen LogP contribution < -0.4 is 10.2 Å². The fraction of sp³-hybridized carbons (Fsp3) is 0.273. The number of unbranched alkanes of at least 4 members (excludes halogenated alkanes) is 3. The summed E-state index contributed by atoms with van der Waals surface area (Å²) >= 11 is 0. The van der Waals surface area contributed by atoms with Crippen molar-refractivity contribution in [2.45, 2.75) is 39.0 Å². The van der Waals surface area contributed by atoms with E-state index in [2.05, 4.69) is 12.2 Å². The normalized spacial score (nSPS) is 14.3. The Kier molecular flexibility index (Phi) is 5.84. The maximum Gasteiger partial charge on any atom is 0.282 e. The monoisotopic (exact) mass is 348 g/mol. The summed E-state index contributed by atoms with van der Waals surface area (Å²) in [4.78, 5) is 27.3. The zero-order valence-electron chi connectivity index (χ0n) is 15.1. The predicted octanol–water partition coefficient (Wildman–Crippen LogP) is 4.90. The molecule has 0 unspecified atom stereocenters. The maximum absolute atomic E-state index is 13.0. The number of hydrogen-bond donors (Lipinski definition) is 1. The Balaban J connectivity index is 1.88. The lowest BCUT2D eigenvalue weighted by molar-refractivity contribution is -0.120. The molecule has 1 aliphatic rings. The Morgan fingerprint density at radius 1 is 0.808 bits per heavy atom. The second kappa shape index (κ2) is 8.48. The molecule has 134 valence electrons. The Labute approximate surface area is 154 Å². The van der Waals surface area contributed by atoms with Gasteiger partial charge in [-0.15, -0.1) is 0 Å². The van der Waals surface area contributed by atoms with Crippen LogP contribution in [-0.4, -0.2) is 11.8 Å². The van der Waals surface area contributed by atoms with Crippen LogP contribution in [0.5, 0.6) is 0 Å². The van der Waals surface area contributed by atoms with Gasteiger partial charge >= 0.3 is 0 Å². The number of benzene rings is 2. The number of imide groups is 1. The molecule has 1 aliphatic heterocycles. The lowest BCUT2D eigenvalue weighted by atomic mass is 10.1. The van der Waals surface area contributed by atoms with Crippen molar-refractivity contribution in [1.82, 2.24) is 0 Å². The Bertz CT molecular complexity index is 797. The van der Waals surface area contributed by atoms with Gasteiger partial charge in [0.1, 0.15) is 5.70 Å². The number of nitrogens with zero attached hydrogens (tertiary/aromatic N) is 1. The highest BCUT2D eigenvalue weighted by atomic mass is 16.2. The molecule has 4 nitrogen and oxygen atoms in total. The molecule has 0 fully saturated rings. The molecule has 0 aromatic heterocycles. The lowest BCUT2D eigenvalue weighted by Gasteiger charge is -2.15. The van der Waals surface area contributed by atoms with E-state index >= 15 is 0 Å². The van der Waals surface area contributed by atoms with Gasteiger partial charge in [0, 0.05) is 11.3 Å². The van der Waals surface area contributed by atoms with Gasteiger partial charge in [0.15, 0.2) is 0 Å². The first kappa shape index (κ1) is 17.9. The number of rotatable bonds is 8. The average Bonchev–Trinajstić information content (AvgIpc) is 2.90. The number of nitrogens with one attached hydrogen (secondary N) is 1. The maximum atomic E-state index is 13.0. The highest BCUT2D eigenvalue weighted by Gasteiger charge is 2.38. The largest absolute Gasteiger partial charge is 0.351 e. The van der Waals surface area contributed by atoms with Crippen molar-refractivity contribution in [1.29, 1.82) is 0 Å². The highest BCUT2D eigenvalue weighted by Crippen LogP contribution is 2.30. The molecule has 2 aromatic rings. The average molecular weight is 348 g/mol. The van der Waals surface area contributed by atoms with Crippen LogP contribution in [-0.2, 0) is 9.59 Å². The molecule has 2 aromatic carbocycles. The minimum atomic E-state index is -0.282. The number of hydrogen-bond acceptors (Lipinski definition) is 3. The highest BCUT2D eigenvalue weighted by molar-refractivity contribution is 6.33.